The van der Waals surface area contributed by atoms with Gasteiger partial charge in [-0.15, -0.1) is 0 Å². The molecule has 0 aliphatic rings. The lowest BCUT2D eigenvalue weighted by molar-refractivity contribution is -0.288. The molecule has 0 aliphatic heterocycles. The van der Waals surface area contributed by atoms with E-state index in [0.29, 0.717) is 0 Å². The van der Waals surface area contributed by atoms with E-state index in [1.807, 2.05) is 0 Å². The van der Waals surface area contributed by atoms with Gasteiger partial charge in [0.25, 0.3) is 0 Å². The fourth-order valence-electron chi connectivity index (χ4n) is 2.83. The van der Waals surface area contributed by atoms with E-state index < -0.39 is 28.9 Å². The van der Waals surface area contributed by atoms with Crippen molar-refractivity contribution < 1.29 is 26.3 Å². The summed E-state index contributed by atoms with van der Waals surface area (Å²) in [6.07, 6.45) is -11.0. The molecule has 0 heterocycles. The Morgan fingerprint density at radius 1 is 0.696 bits per heavy atom. The van der Waals surface area contributed by atoms with Crippen molar-refractivity contribution in [2.24, 2.45) is 0 Å². The Balaban J connectivity index is 2.95. The molecule has 0 aromatic heterocycles. The number of hydrogen-bond acceptors (Lipinski definition) is 0. The van der Waals surface area contributed by atoms with Crippen molar-refractivity contribution in [3.63, 3.8) is 0 Å². The Hall–Kier alpha value is -1.98. The number of hydrogen-bond donors (Lipinski definition) is 0. The second-order valence-corrected chi connectivity index (χ2v) is 5.12. The zero-order chi connectivity index (χ0) is 17.3. The lowest BCUT2D eigenvalue weighted by Gasteiger charge is -2.39. The number of rotatable bonds is 3. The Labute approximate surface area is 129 Å². The number of alkyl halides is 6. The second-order valence-electron chi connectivity index (χ2n) is 5.12. The van der Waals surface area contributed by atoms with Gasteiger partial charge in [-0.2, -0.15) is 26.3 Å². The number of aryl methyl sites for hydroxylation is 1. The molecule has 0 fully saturated rings. The summed E-state index contributed by atoms with van der Waals surface area (Å²) in [6, 6.07) is 10.3. The molecule has 23 heavy (non-hydrogen) atoms. The Bertz CT molecular complexity index is 641. The third-order valence-electron chi connectivity index (χ3n) is 3.86. The van der Waals surface area contributed by atoms with Crippen LogP contribution in [0.2, 0.25) is 0 Å². The molecular formula is C17H14F6. The van der Waals surface area contributed by atoms with Crippen LogP contribution in [0.1, 0.15) is 23.6 Å². The maximum atomic E-state index is 13.8. The highest BCUT2D eigenvalue weighted by atomic mass is 19.4. The molecule has 0 N–H and O–H groups in total. The summed E-state index contributed by atoms with van der Waals surface area (Å²) in [5, 5.41) is 0. The molecule has 0 unspecified atom stereocenters. The van der Waals surface area contributed by atoms with Crippen molar-refractivity contribution in [1.82, 2.24) is 0 Å². The van der Waals surface area contributed by atoms with Crippen LogP contribution in [0.4, 0.5) is 26.3 Å². The first-order chi connectivity index (χ1) is 10.7. The molecule has 2 aromatic rings. The van der Waals surface area contributed by atoms with Gasteiger partial charge in [-0.05, 0) is 23.1 Å². The molecule has 0 spiro atoms. The average molecular weight is 332 g/mol. The molecule has 0 radical (unpaired) electrons. The molecule has 124 valence electrons. The summed E-state index contributed by atoms with van der Waals surface area (Å²) < 4.78 is 83.0. The minimum absolute atomic E-state index is 0.0194. The van der Waals surface area contributed by atoms with Crippen LogP contribution in [0.15, 0.2) is 54.6 Å². The van der Waals surface area contributed by atoms with Crippen molar-refractivity contribution in [2.45, 2.75) is 31.1 Å². The molecule has 2 rings (SSSR count). The third kappa shape index (κ3) is 2.71. The van der Waals surface area contributed by atoms with Crippen molar-refractivity contribution in [1.29, 1.82) is 0 Å². The lowest BCUT2D eigenvalue weighted by Crippen LogP contribution is -2.55. The first-order valence-electron chi connectivity index (χ1n) is 6.93. The van der Waals surface area contributed by atoms with Crippen LogP contribution in [0.25, 0.3) is 0 Å². The van der Waals surface area contributed by atoms with Crippen molar-refractivity contribution in [2.75, 3.05) is 0 Å². The highest BCUT2D eigenvalue weighted by Gasteiger charge is 2.72. The van der Waals surface area contributed by atoms with Gasteiger partial charge in [-0.1, -0.05) is 61.5 Å². The molecule has 6 heteroatoms. The largest absolute Gasteiger partial charge is 0.411 e. The smallest absolute Gasteiger partial charge is 0.169 e. The molecule has 0 nitrogen and oxygen atoms in total. The van der Waals surface area contributed by atoms with E-state index in [9.17, 15) is 26.3 Å². The SMILES string of the molecule is CCc1ccccc1C(c1ccccc1)(C(F)(F)F)C(F)(F)F. The van der Waals surface area contributed by atoms with Gasteiger partial charge in [-0.3, -0.25) is 0 Å². The summed E-state index contributed by atoms with van der Waals surface area (Å²) >= 11 is 0. The number of benzene rings is 2. The van der Waals surface area contributed by atoms with Gasteiger partial charge in [0.2, 0.25) is 5.41 Å². The predicted octanol–water partition coefficient (Wildman–Crippen LogP) is 5.66. The van der Waals surface area contributed by atoms with E-state index in [2.05, 4.69) is 0 Å². The van der Waals surface area contributed by atoms with Crippen LogP contribution >= 0.6 is 0 Å². The maximum Gasteiger partial charge on any atom is 0.411 e. The normalized spacial score (nSPS) is 13.2. The standard InChI is InChI=1S/C17H14F6/c1-2-12-8-6-7-11-14(12)15(16(18,19)20,17(21,22)23)13-9-4-3-5-10-13/h3-11H,2H2,1H3. The van der Waals surface area contributed by atoms with Crippen LogP contribution in [0.3, 0.4) is 0 Å². The Morgan fingerprint density at radius 2 is 1.17 bits per heavy atom. The quantitative estimate of drug-likeness (QED) is 0.636. The van der Waals surface area contributed by atoms with Gasteiger partial charge in [0.05, 0.1) is 0 Å². The molecule has 0 atom stereocenters. The van der Waals surface area contributed by atoms with Gasteiger partial charge in [0.15, 0.2) is 0 Å². The average Bonchev–Trinajstić information content (AvgIpc) is 2.46. The summed E-state index contributed by atoms with van der Waals surface area (Å²) in [6.45, 7) is 1.53. The highest BCUT2D eigenvalue weighted by Crippen LogP contribution is 2.56. The van der Waals surface area contributed by atoms with Crippen LogP contribution in [0.5, 0.6) is 0 Å². The molecule has 0 amide bonds. The topological polar surface area (TPSA) is 0 Å². The summed E-state index contributed by atoms with van der Waals surface area (Å²) in [7, 11) is 0. The van der Waals surface area contributed by atoms with E-state index in [0.717, 1.165) is 18.2 Å². The summed E-state index contributed by atoms with van der Waals surface area (Å²) in [5.41, 5.74) is -5.63. The van der Waals surface area contributed by atoms with E-state index in [1.165, 1.54) is 43.3 Å². The fourth-order valence-corrected chi connectivity index (χ4v) is 2.83. The van der Waals surface area contributed by atoms with Crippen LogP contribution < -0.4 is 0 Å². The van der Waals surface area contributed by atoms with Gasteiger partial charge >= 0.3 is 12.4 Å². The third-order valence-corrected chi connectivity index (χ3v) is 3.86. The molecule has 0 aliphatic carbocycles. The molecule has 2 aromatic carbocycles. The molecule has 0 bridgehead atoms. The zero-order valence-corrected chi connectivity index (χ0v) is 12.2. The van der Waals surface area contributed by atoms with E-state index >= 15 is 0 Å². The highest BCUT2D eigenvalue weighted by molar-refractivity contribution is 5.47. The monoisotopic (exact) mass is 332 g/mol. The minimum Gasteiger partial charge on any atom is -0.169 e. The number of halogens is 6. The van der Waals surface area contributed by atoms with Crippen LogP contribution in [0, 0.1) is 0 Å². The Kier molecular flexibility index (Phi) is 4.46. The first kappa shape index (κ1) is 17.4. The summed E-state index contributed by atoms with van der Waals surface area (Å²) in [5.74, 6) is 0. The van der Waals surface area contributed by atoms with Crippen molar-refractivity contribution >= 4 is 0 Å². The molecular weight excluding hydrogens is 318 g/mol. The first-order valence-corrected chi connectivity index (χ1v) is 6.93. The van der Waals surface area contributed by atoms with Crippen LogP contribution in [-0.4, -0.2) is 12.4 Å². The van der Waals surface area contributed by atoms with Gasteiger partial charge in [0, 0.05) is 0 Å². The lowest BCUT2D eigenvalue weighted by atomic mass is 9.71. The van der Waals surface area contributed by atoms with Gasteiger partial charge in [-0.25, -0.2) is 0 Å². The molecule has 0 saturated heterocycles. The van der Waals surface area contributed by atoms with Gasteiger partial charge in [0.1, 0.15) is 0 Å². The summed E-state index contributed by atoms with van der Waals surface area (Å²) in [4.78, 5) is 0. The van der Waals surface area contributed by atoms with Crippen molar-refractivity contribution in [3.05, 3.63) is 71.3 Å². The second kappa shape index (κ2) is 5.91. The minimum atomic E-state index is -5.53. The Morgan fingerprint density at radius 3 is 1.65 bits per heavy atom. The predicted molar refractivity (Wildman–Crippen MR) is 75.2 cm³/mol. The van der Waals surface area contributed by atoms with Gasteiger partial charge < -0.3 is 0 Å². The maximum absolute atomic E-state index is 13.8. The zero-order valence-electron chi connectivity index (χ0n) is 12.2. The van der Waals surface area contributed by atoms with Crippen molar-refractivity contribution in [3.8, 4) is 0 Å². The van der Waals surface area contributed by atoms with Crippen LogP contribution in [-0.2, 0) is 11.8 Å². The van der Waals surface area contributed by atoms with E-state index in [-0.39, 0.29) is 12.0 Å². The van der Waals surface area contributed by atoms with E-state index in [4.69, 9.17) is 0 Å². The van der Waals surface area contributed by atoms with E-state index in [1.54, 1.807) is 0 Å². The molecule has 0 saturated carbocycles. The fraction of sp³-hybridized carbons (Fsp3) is 0.294.